The number of nitrogens with zero attached hydrogens (tertiary/aromatic N) is 4. The Morgan fingerprint density at radius 1 is 1.11 bits per heavy atom. The highest BCUT2D eigenvalue weighted by Gasteiger charge is 2.51. The highest BCUT2D eigenvalue weighted by atomic mass is 32.1. The number of anilines is 2. The second kappa shape index (κ2) is 9.19. The van der Waals surface area contributed by atoms with E-state index < -0.39 is 28.7 Å². The first kappa shape index (κ1) is 25.3. The Balaban J connectivity index is 1.43. The van der Waals surface area contributed by atoms with Crippen molar-refractivity contribution in [3.05, 3.63) is 47.5 Å². The van der Waals surface area contributed by atoms with Crippen molar-refractivity contribution in [2.75, 3.05) is 36.0 Å². The van der Waals surface area contributed by atoms with Gasteiger partial charge in [-0.2, -0.15) is 18.4 Å². The van der Waals surface area contributed by atoms with Gasteiger partial charge in [-0.1, -0.05) is 0 Å². The lowest BCUT2D eigenvalue weighted by atomic mass is 10.0. The summed E-state index contributed by atoms with van der Waals surface area (Å²) in [6, 6.07) is 9.92. The van der Waals surface area contributed by atoms with E-state index in [9.17, 15) is 18.0 Å². The molecule has 3 aliphatic heterocycles. The summed E-state index contributed by atoms with van der Waals surface area (Å²) in [5, 5.41) is 9.14. The highest BCUT2D eigenvalue weighted by molar-refractivity contribution is 7.81. The molecule has 0 aliphatic carbocycles. The fourth-order valence-corrected chi connectivity index (χ4v) is 5.57. The first-order valence-corrected chi connectivity index (χ1v) is 12.4. The number of fused-ring (bicyclic) bond motifs is 1. The molecule has 0 radical (unpaired) electrons. The van der Waals surface area contributed by atoms with Crippen molar-refractivity contribution < 1.29 is 27.4 Å². The van der Waals surface area contributed by atoms with Gasteiger partial charge in [0.2, 0.25) is 0 Å². The fraction of sp³-hybridized carbons (Fsp3) is 0.423. The van der Waals surface area contributed by atoms with Crippen LogP contribution in [0.1, 0.15) is 37.8 Å². The second-order valence-electron chi connectivity index (χ2n) is 9.85. The zero-order chi connectivity index (χ0) is 26.5. The number of carbonyl (C=O) groups excluding carboxylic acids is 1. The molecule has 0 saturated carbocycles. The molecule has 0 bridgehead atoms. The van der Waals surface area contributed by atoms with Gasteiger partial charge >= 0.3 is 6.18 Å². The van der Waals surface area contributed by atoms with E-state index in [0.717, 1.165) is 36.7 Å². The lowest BCUT2D eigenvalue weighted by Crippen LogP contribution is -2.44. The number of likely N-dealkylation sites (tertiary alicyclic amines) is 1. The first-order valence-electron chi connectivity index (χ1n) is 12.0. The summed E-state index contributed by atoms with van der Waals surface area (Å²) >= 11 is 5.61. The van der Waals surface area contributed by atoms with Crippen LogP contribution in [-0.2, 0) is 11.0 Å². The summed E-state index contributed by atoms with van der Waals surface area (Å²) in [5.41, 5.74) is -2.34. The molecule has 37 heavy (non-hydrogen) atoms. The predicted molar refractivity (Wildman–Crippen MR) is 135 cm³/mol. The van der Waals surface area contributed by atoms with E-state index in [-0.39, 0.29) is 16.9 Å². The van der Waals surface area contributed by atoms with E-state index in [1.165, 1.54) is 18.9 Å². The Labute approximate surface area is 217 Å². The molecule has 2 aromatic rings. The molecule has 0 spiro atoms. The summed E-state index contributed by atoms with van der Waals surface area (Å²) in [5.74, 6) is 0.612. The number of thiocarbonyl (C=S) groups is 1. The van der Waals surface area contributed by atoms with Crippen molar-refractivity contribution in [2.45, 2.75) is 44.5 Å². The van der Waals surface area contributed by atoms with Gasteiger partial charge in [-0.25, -0.2) is 0 Å². The molecule has 5 rings (SSSR count). The second-order valence-corrected chi connectivity index (χ2v) is 10.2. The van der Waals surface area contributed by atoms with Crippen molar-refractivity contribution in [3.8, 4) is 17.6 Å². The third-order valence-electron chi connectivity index (χ3n) is 6.92. The Morgan fingerprint density at radius 2 is 1.81 bits per heavy atom. The van der Waals surface area contributed by atoms with Gasteiger partial charge in [-0.3, -0.25) is 14.6 Å². The number of alkyl halides is 3. The number of amides is 1. The van der Waals surface area contributed by atoms with Crippen LogP contribution in [0.15, 0.2) is 36.4 Å². The van der Waals surface area contributed by atoms with E-state index in [4.69, 9.17) is 27.0 Å². The average Bonchev–Trinajstić information content (AvgIpc) is 3.42. The largest absolute Gasteiger partial charge is 0.486 e. The van der Waals surface area contributed by atoms with Gasteiger partial charge in [0, 0.05) is 18.3 Å². The minimum atomic E-state index is -4.76. The van der Waals surface area contributed by atoms with Gasteiger partial charge < -0.3 is 14.4 Å². The number of ether oxygens (including phenoxy) is 2. The summed E-state index contributed by atoms with van der Waals surface area (Å²) in [6.45, 7) is 6.59. The van der Waals surface area contributed by atoms with Gasteiger partial charge in [-0.05, 0) is 82.3 Å². The van der Waals surface area contributed by atoms with Crippen LogP contribution >= 0.6 is 12.2 Å². The minimum Gasteiger partial charge on any atom is -0.486 e. The number of carbonyl (C=O) groups is 1. The van der Waals surface area contributed by atoms with Gasteiger partial charge in [0.25, 0.3) is 5.91 Å². The zero-order valence-corrected chi connectivity index (χ0v) is 21.2. The molecule has 1 amide bonds. The van der Waals surface area contributed by atoms with Gasteiger partial charge in [0.05, 0.1) is 22.9 Å². The summed E-state index contributed by atoms with van der Waals surface area (Å²) < 4.78 is 52.8. The van der Waals surface area contributed by atoms with E-state index in [0.29, 0.717) is 23.8 Å². The average molecular weight is 531 g/mol. The van der Waals surface area contributed by atoms with E-state index >= 15 is 0 Å². The molecule has 1 unspecified atom stereocenters. The highest BCUT2D eigenvalue weighted by Crippen LogP contribution is 2.42. The molecule has 3 aliphatic rings. The summed E-state index contributed by atoms with van der Waals surface area (Å²) in [6.07, 6.45) is -2.47. The van der Waals surface area contributed by atoms with Crippen LogP contribution in [-0.4, -0.2) is 53.8 Å². The standard InChI is InChI=1S/C26H25F3N4O3S/c1-25(2)23(34)32(17-6-5-16(13-30)20(11-17)26(27,28)29)24(37)33(25)18-7-8-21-22(12-18)35-15-19(36-21)14-31-9-3-4-10-31/h5-8,11-12,19H,3-4,9-10,14-15H2,1-2H3. The SMILES string of the molecule is CC1(C)C(=O)N(c2ccc(C#N)c(C(F)(F)F)c2)C(=S)N1c1ccc2c(c1)OCC(CN1CCCC1)O2. The smallest absolute Gasteiger partial charge is 0.417 e. The zero-order valence-electron chi connectivity index (χ0n) is 20.3. The van der Waals surface area contributed by atoms with Crippen LogP contribution in [0.2, 0.25) is 0 Å². The molecule has 194 valence electrons. The number of rotatable bonds is 4. The molecular formula is C26H25F3N4O3S. The lowest BCUT2D eigenvalue weighted by Gasteiger charge is -2.32. The first-order chi connectivity index (χ1) is 17.5. The van der Waals surface area contributed by atoms with E-state index in [2.05, 4.69) is 4.90 Å². The Hall–Kier alpha value is -3.36. The monoisotopic (exact) mass is 530 g/mol. The maximum absolute atomic E-state index is 13.6. The number of benzene rings is 2. The predicted octanol–water partition coefficient (Wildman–Crippen LogP) is 4.73. The van der Waals surface area contributed by atoms with Crippen LogP contribution in [0.4, 0.5) is 24.5 Å². The lowest BCUT2D eigenvalue weighted by molar-refractivity contribution is -0.137. The molecule has 3 heterocycles. The Bertz CT molecular complexity index is 1300. The van der Waals surface area contributed by atoms with Crippen LogP contribution in [0, 0.1) is 11.3 Å². The van der Waals surface area contributed by atoms with Crippen LogP contribution in [0.3, 0.4) is 0 Å². The molecular weight excluding hydrogens is 505 g/mol. The Kier molecular flexibility index (Phi) is 6.28. The van der Waals surface area contributed by atoms with E-state index in [1.807, 2.05) is 0 Å². The Morgan fingerprint density at radius 3 is 2.49 bits per heavy atom. The molecule has 0 aromatic heterocycles. The molecule has 2 saturated heterocycles. The van der Waals surface area contributed by atoms with Crippen LogP contribution < -0.4 is 19.3 Å². The van der Waals surface area contributed by atoms with E-state index in [1.54, 1.807) is 43.0 Å². The van der Waals surface area contributed by atoms with Crippen molar-refractivity contribution >= 4 is 34.6 Å². The van der Waals surface area contributed by atoms with Crippen molar-refractivity contribution in [1.82, 2.24) is 4.90 Å². The maximum Gasteiger partial charge on any atom is 0.417 e. The van der Waals surface area contributed by atoms with Crippen LogP contribution in [0.5, 0.6) is 11.5 Å². The van der Waals surface area contributed by atoms with Crippen molar-refractivity contribution in [1.29, 1.82) is 5.26 Å². The molecule has 11 heteroatoms. The molecule has 2 fully saturated rings. The third-order valence-corrected chi connectivity index (χ3v) is 7.28. The van der Waals surface area contributed by atoms with Crippen LogP contribution in [0.25, 0.3) is 0 Å². The third kappa shape index (κ3) is 4.49. The minimum absolute atomic E-state index is 0.0245. The molecule has 7 nitrogen and oxygen atoms in total. The summed E-state index contributed by atoms with van der Waals surface area (Å²) in [7, 11) is 0. The topological polar surface area (TPSA) is 69.0 Å². The molecule has 1 atom stereocenters. The number of nitriles is 1. The van der Waals surface area contributed by atoms with Gasteiger partial charge in [-0.15, -0.1) is 0 Å². The quantitative estimate of drug-likeness (QED) is 0.530. The number of halogens is 3. The normalized spacial score (nSPS) is 21.5. The van der Waals surface area contributed by atoms with Crippen molar-refractivity contribution in [3.63, 3.8) is 0 Å². The van der Waals surface area contributed by atoms with Crippen molar-refractivity contribution in [2.24, 2.45) is 0 Å². The summed E-state index contributed by atoms with van der Waals surface area (Å²) in [4.78, 5) is 18.4. The number of hydrogen-bond donors (Lipinski definition) is 0. The van der Waals surface area contributed by atoms with Gasteiger partial charge in [0.1, 0.15) is 18.2 Å². The fourth-order valence-electron chi connectivity index (χ4n) is 5.04. The van der Waals surface area contributed by atoms with Gasteiger partial charge in [0.15, 0.2) is 16.6 Å². The maximum atomic E-state index is 13.6. The molecule has 0 N–H and O–H groups in total. The number of hydrogen-bond acceptors (Lipinski definition) is 6. The molecule has 2 aromatic carbocycles.